The molecule has 3 rings (SSSR count). The van der Waals surface area contributed by atoms with E-state index in [0.29, 0.717) is 62.0 Å². The van der Waals surface area contributed by atoms with Crippen LogP contribution in [0, 0.1) is 5.92 Å². The number of amides is 3. The molecule has 1 aromatic carbocycles. The number of carbonyl (C=O) groups excluding carboxylic acids is 3. The molecular formula is C23H33N3O6. The maximum Gasteiger partial charge on any atom is 0.254 e. The standard InChI is InChI=1S/C23H33N3O6/c1-15(2)26-14-17(13-20(26)27)23(29)25-8-6-7-24(9-10-25)22(28)16-11-18(30-3)21(32-5)19(12-16)31-4/h11-12,15,17H,6-10,13-14H2,1-5H3. The van der Waals surface area contributed by atoms with E-state index in [1.165, 1.54) is 21.3 Å². The third-order valence-electron chi connectivity index (χ3n) is 6.14. The van der Waals surface area contributed by atoms with Crippen LogP contribution in [0.15, 0.2) is 12.1 Å². The van der Waals surface area contributed by atoms with E-state index in [-0.39, 0.29) is 36.1 Å². The van der Waals surface area contributed by atoms with Crippen molar-refractivity contribution in [2.45, 2.75) is 32.7 Å². The summed E-state index contributed by atoms with van der Waals surface area (Å²) in [6.45, 7) is 6.38. The molecule has 2 aliphatic rings. The van der Waals surface area contributed by atoms with Crippen LogP contribution in [0.1, 0.15) is 37.0 Å². The van der Waals surface area contributed by atoms with Crippen molar-refractivity contribution in [3.05, 3.63) is 17.7 Å². The topological polar surface area (TPSA) is 88.6 Å². The maximum absolute atomic E-state index is 13.2. The fraction of sp³-hybridized carbons (Fsp3) is 0.609. The molecule has 3 amide bonds. The average Bonchev–Trinajstić information content (AvgIpc) is 3.02. The first kappa shape index (κ1) is 23.7. The van der Waals surface area contributed by atoms with Crippen molar-refractivity contribution < 1.29 is 28.6 Å². The van der Waals surface area contributed by atoms with E-state index < -0.39 is 0 Å². The summed E-state index contributed by atoms with van der Waals surface area (Å²) in [4.78, 5) is 43.8. The highest BCUT2D eigenvalue weighted by molar-refractivity contribution is 5.96. The largest absolute Gasteiger partial charge is 0.493 e. The second kappa shape index (κ2) is 10.1. The Morgan fingerprint density at radius 2 is 1.53 bits per heavy atom. The van der Waals surface area contributed by atoms with Gasteiger partial charge in [0.15, 0.2) is 11.5 Å². The highest BCUT2D eigenvalue weighted by Gasteiger charge is 2.38. The molecule has 32 heavy (non-hydrogen) atoms. The smallest absolute Gasteiger partial charge is 0.254 e. The van der Waals surface area contributed by atoms with Gasteiger partial charge in [-0.3, -0.25) is 14.4 Å². The zero-order valence-electron chi connectivity index (χ0n) is 19.6. The Labute approximate surface area is 189 Å². The minimum absolute atomic E-state index is 0.00332. The number of rotatable bonds is 6. The van der Waals surface area contributed by atoms with Crippen LogP contribution in [-0.2, 0) is 9.59 Å². The molecule has 0 spiro atoms. The van der Waals surface area contributed by atoms with E-state index >= 15 is 0 Å². The molecule has 9 nitrogen and oxygen atoms in total. The molecule has 2 fully saturated rings. The Bertz CT molecular complexity index is 846. The minimum atomic E-state index is -0.303. The number of nitrogens with zero attached hydrogens (tertiary/aromatic N) is 3. The molecule has 1 atom stereocenters. The number of benzene rings is 1. The highest BCUT2D eigenvalue weighted by Crippen LogP contribution is 2.38. The lowest BCUT2D eigenvalue weighted by molar-refractivity contribution is -0.135. The van der Waals surface area contributed by atoms with Crippen LogP contribution in [0.2, 0.25) is 0 Å². The average molecular weight is 448 g/mol. The summed E-state index contributed by atoms with van der Waals surface area (Å²) in [7, 11) is 4.53. The first-order chi connectivity index (χ1) is 15.3. The SMILES string of the molecule is COc1cc(C(=O)N2CCCN(C(=O)C3CC(=O)N(C(C)C)C3)CC2)cc(OC)c1OC. The Balaban J connectivity index is 1.68. The molecule has 2 heterocycles. The fourth-order valence-electron chi connectivity index (χ4n) is 4.38. The number of hydrogen-bond donors (Lipinski definition) is 0. The highest BCUT2D eigenvalue weighted by atomic mass is 16.5. The van der Waals surface area contributed by atoms with Crippen molar-refractivity contribution in [3.8, 4) is 17.2 Å². The quantitative estimate of drug-likeness (QED) is 0.659. The first-order valence-electron chi connectivity index (χ1n) is 11.0. The summed E-state index contributed by atoms with van der Waals surface area (Å²) in [5.41, 5.74) is 0.438. The van der Waals surface area contributed by atoms with Gasteiger partial charge in [0.1, 0.15) is 0 Å². The second-order valence-corrected chi connectivity index (χ2v) is 8.43. The molecule has 0 aromatic heterocycles. The summed E-state index contributed by atoms with van der Waals surface area (Å²) in [5.74, 6) is 0.851. The van der Waals surface area contributed by atoms with E-state index in [4.69, 9.17) is 14.2 Å². The molecule has 0 N–H and O–H groups in total. The Hall–Kier alpha value is -2.97. The normalized spacial score (nSPS) is 19.2. The lowest BCUT2D eigenvalue weighted by atomic mass is 10.1. The maximum atomic E-state index is 13.2. The monoisotopic (exact) mass is 447 g/mol. The van der Waals surface area contributed by atoms with Crippen LogP contribution >= 0.6 is 0 Å². The Morgan fingerprint density at radius 1 is 0.938 bits per heavy atom. The van der Waals surface area contributed by atoms with Crippen LogP contribution in [0.3, 0.4) is 0 Å². The van der Waals surface area contributed by atoms with Crippen molar-refractivity contribution in [1.82, 2.24) is 14.7 Å². The predicted molar refractivity (Wildman–Crippen MR) is 118 cm³/mol. The van der Waals surface area contributed by atoms with Crippen molar-refractivity contribution in [3.63, 3.8) is 0 Å². The summed E-state index contributed by atoms with van der Waals surface area (Å²) < 4.78 is 16.1. The van der Waals surface area contributed by atoms with Gasteiger partial charge in [0.25, 0.3) is 5.91 Å². The summed E-state index contributed by atoms with van der Waals surface area (Å²) in [6.07, 6.45) is 0.943. The van der Waals surface area contributed by atoms with Gasteiger partial charge in [-0.1, -0.05) is 0 Å². The number of carbonyl (C=O) groups is 3. The first-order valence-corrected chi connectivity index (χ1v) is 11.0. The molecule has 2 saturated heterocycles. The number of ether oxygens (including phenoxy) is 3. The molecule has 0 saturated carbocycles. The van der Waals surface area contributed by atoms with E-state index in [9.17, 15) is 14.4 Å². The molecule has 0 bridgehead atoms. The van der Waals surface area contributed by atoms with Crippen LogP contribution in [-0.4, -0.2) is 92.5 Å². The van der Waals surface area contributed by atoms with Gasteiger partial charge in [-0.2, -0.15) is 0 Å². The Kier molecular flexibility index (Phi) is 7.48. The summed E-state index contributed by atoms with van der Waals surface area (Å²) in [6, 6.07) is 3.38. The molecule has 9 heteroatoms. The number of likely N-dealkylation sites (tertiary alicyclic amines) is 1. The van der Waals surface area contributed by atoms with Gasteiger partial charge in [-0.15, -0.1) is 0 Å². The van der Waals surface area contributed by atoms with Crippen molar-refractivity contribution >= 4 is 17.7 Å². The van der Waals surface area contributed by atoms with Gasteiger partial charge in [-0.25, -0.2) is 0 Å². The van der Waals surface area contributed by atoms with E-state index in [0.717, 1.165) is 0 Å². The van der Waals surface area contributed by atoms with Crippen molar-refractivity contribution in [2.75, 3.05) is 54.1 Å². The van der Waals surface area contributed by atoms with Gasteiger partial charge < -0.3 is 28.9 Å². The van der Waals surface area contributed by atoms with E-state index in [1.54, 1.807) is 26.8 Å². The molecule has 176 valence electrons. The van der Waals surface area contributed by atoms with Gasteiger partial charge in [0.05, 0.1) is 27.2 Å². The number of methoxy groups -OCH3 is 3. The molecule has 2 aliphatic heterocycles. The lowest BCUT2D eigenvalue weighted by Crippen LogP contribution is -2.41. The van der Waals surface area contributed by atoms with Crippen molar-refractivity contribution in [2.24, 2.45) is 5.92 Å². The fourth-order valence-corrected chi connectivity index (χ4v) is 4.38. The van der Waals surface area contributed by atoms with Crippen LogP contribution in [0.25, 0.3) is 0 Å². The molecule has 1 aromatic rings. The third-order valence-corrected chi connectivity index (χ3v) is 6.14. The van der Waals surface area contributed by atoms with Gasteiger partial charge >= 0.3 is 0 Å². The number of hydrogen-bond acceptors (Lipinski definition) is 6. The lowest BCUT2D eigenvalue weighted by Gasteiger charge is -2.25. The van der Waals surface area contributed by atoms with E-state index in [1.807, 2.05) is 13.8 Å². The van der Waals surface area contributed by atoms with Gasteiger partial charge in [-0.05, 0) is 32.4 Å². The third kappa shape index (κ3) is 4.76. The summed E-state index contributed by atoms with van der Waals surface area (Å²) in [5, 5.41) is 0. The summed E-state index contributed by atoms with van der Waals surface area (Å²) >= 11 is 0. The molecule has 0 radical (unpaired) electrons. The van der Waals surface area contributed by atoms with Gasteiger partial charge in [0, 0.05) is 50.7 Å². The minimum Gasteiger partial charge on any atom is -0.493 e. The zero-order chi connectivity index (χ0) is 23.4. The zero-order valence-corrected chi connectivity index (χ0v) is 19.6. The second-order valence-electron chi connectivity index (χ2n) is 8.43. The molecule has 1 unspecified atom stereocenters. The van der Waals surface area contributed by atoms with Crippen LogP contribution in [0.4, 0.5) is 0 Å². The van der Waals surface area contributed by atoms with E-state index in [2.05, 4.69) is 0 Å². The van der Waals surface area contributed by atoms with Crippen LogP contribution in [0.5, 0.6) is 17.2 Å². The van der Waals surface area contributed by atoms with Gasteiger partial charge in [0.2, 0.25) is 17.6 Å². The van der Waals surface area contributed by atoms with Crippen molar-refractivity contribution in [1.29, 1.82) is 0 Å². The Morgan fingerprint density at radius 3 is 2.06 bits per heavy atom. The molecular weight excluding hydrogens is 414 g/mol. The van der Waals surface area contributed by atoms with Crippen LogP contribution < -0.4 is 14.2 Å². The molecule has 0 aliphatic carbocycles. The predicted octanol–water partition coefficient (Wildman–Crippen LogP) is 1.64.